The predicted molar refractivity (Wildman–Crippen MR) is 85.1 cm³/mol. The zero-order valence-electron chi connectivity index (χ0n) is 11.8. The molecule has 104 valence electrons. The lowest BCUT2D eigenvalue weighted by atomic mass is 10.1. The highest BCUT2D eigenvalue weighted by Gasteiger charge is 2.27. The molecule has 1 amide bonds. The SMILES string of the molecule is CCN1CCN(C(=O)c2sccc2C)c2ccccc21. The number of anilines is 2. The van der Waals surface area contributed by atoms with E-state index in [0.29, 0.717) is 0 Å². The first-order chi connectivity index (χ1) is 9.72. The van der Waals surface area contributed by atoms with E-state index in [1.165, 1.54) is 11.3 Å². The minimum atomic E-state index is 0.126. The first kappa shape index (κ1) is 13.2. The molecule has 2 heterocycles. The minimum absolute atomic E-state index is 0.126. The number of hydrogen-bond donors (Lipinski definition) is 0. The van der Waals surface area contributed by atoms with Crippen LogP contribution >= 0.6 is 11.3 Å². The highest BCUT2D eigenvalue weighted by atomic mass is 32.1. The van der Waals surface area contributed by atoms with E-state index in [4.69, 9.17) is 0 Å². The topological polar surface area (TPSA) is 23.6 Å². The Morgan fingerprint density at radius 1 is 1.20 bits per heavy atom. The van der Waals surface area contributed by atoms with Crippen LogP contribution in [0.25, 0.3) is 0 Å². The highest BCUT2D eigenvalue weighted by molar-refractivity contribution is 7.12. The molecule has 0 radical (unpaired) electrons. The number of nitrogens with zero attached hydrogens (tertiary/aromatic N) is 2. The number of amides is 1. The van der Waals surface area contributed by atoms with Crippen LogP contribution in [0.5, 0.6) is 0 Å². The van der Waals surface area contributed by atoms with Crippen LogP contribution in [-0.4, -0.2) is 25.5 Å². The third kappa shape index (κ3) is 2.10. The van der Waals surface area contributed by atoms with Gasteiger partial charge < -0.3 is 9.80 Å². The van der Waals surface area contributed by atoms with Crippen molar-refractivity contribution in [2.75, 3.05) is 29.4 Å². The second kappa shape index (κ2) is 5.29. The number of aryl methyl sites for hydroxylation is 1. The Hall–Kier alpha value is -1.81. The van der Waals surface area contributed by atoms with E-state index < -0.39 is 0 Å². The van der Waals surface area contributed by atoms with Crippen LogP contribution in [0.15, 0.2) is 35.7 Å². The lowest BCUT2D eigenvalue weighted by molar-refractivity contribution is 0.0990. The number of likely N-dealkylation sites (N-methyl/N-ethyl adjacent to an activating group) is 1. The van der Waals surface area contributed by atoms with Gasteiger partial charge in [0.25, 0.3) is 5.91 Å². The van der Waals surface area contributed by atoms with Crippen LogP contribution in [0, 0.1) is 6.92 Å². The van der Waals surface area contributed by atoms with Crippen LogP contribution in [-0.2, 0) is 0 Å². The maximum absolute atomic E-state index is 12.8. The standard InChI is InChI=1S/C16H18N2OS/c1-3-17-9-10-18(14-7-5-4-6-13(14)17)16(19)15-12(2)8-11-20-15/h4-8,11H,3,9-10H2,1-2H3. The van der Waals surface area contributed by atoms with E-state index >= 15 is 0 Å². The van der Waals surface area contributed by atoms with Gasteiger partial charge in [0.2, 0.25) is 0 Å². The van der Waals surface area contributed by atoms with E-state index in [0.717, 1.165) is 41.4 Å². The van der Waals surface area contributed by atoms with Crippen molar-refractivity contribution in [3.63, 3.8) is 0 Å². The molecule has 1 aliphatic heterocycles. The highest BCUT2D eigenvalue weighted by Crippen LogP contribution is 2.34. The van der Waals surface area contributed by atoms with Gasteiger partial charge in [-0.1, -0.05) is 12.1 Å². The van der Waals surface area contributed by atoms with E-state index in [9.17, 15) is 4.79 Å². The van der Waals surface area contributed by atoms with Gasteiger partial charge in [0, 0.05) is 19.6 Å². The number of fused-ring (bicyclic) bond motifs is 1. The molecule has 3 rings (SSSR count). The molecule has 0 saturated carbocycles. The van der Waals surface area contributed by atoms with Crippen molar-refractivity contribution in [2.45, 2.75) is 13.8 Å². The molecule has 20 heavy (non-hydrogen) atoms. The summed E-state index contributed by atoms with van der Waals surface area (Å²) in [6.07, 6.45) is 0. The fourth-order valence-corrected chi connectivity index (χ4v) is 3.55. The summed E-state index contributed by atoms with van der Waals surface area (Å²) in [7, 11) is 0. The summed E-state index contributed by atoms with van der Waals surface area (Å²) in [5.41, 5.74) is 3.25. The Morgan fingerprint density at radius 3 is 2.60 bits per heavy atom. The summed E-state index contributed by atoms with van der Waals surface area (Å²) in [5, 5.41) is 1.98. The molecule has 0 atom stereocenters. The number of hydrogen-bond acceptors (Lipinski definition) is 3. The maximum atomic E-state index is 12.8. The van der Waals surface area contributed by atoms with Crippen molar-refractivity contribution in [3.05, 3.63) is 46.2 Å². The number of carbonyl (C=O) groups excluding carboxylic acids is 1. The summed E-state index contributed by atoms with van der Waals surface area (Å²) in [4.78, 5) is 17.8. The van der Waals surface area contributed by atoms with Gasteiger partial charge in [0.05, 0.1) is 16.3 Å². The number of thiophene rings is 1. The normalized spacial score (nSPS) is 14.3. The Kier molecular flexibility index (Phi) is 3.49. The molecule has 1 aliphatic rings. The largest absolute Gasteiger partial charge is 0.368 e. The van der Waals surface area contributed by atoms with E-state index in [2.05, 4.69) is 17.9 Å². The second-order valence-corrected chi connectivity index (χ2v) is 5.87. The van der Waals surface area contributed by atoms with Gasteiger partial charge >= 0.3 is 0 Å². The average molecular weight is 286 g/mol. The first-order valence-corrected chi connectivity index (χ1v) is 7.80. The van der Waals surface area contributed by atoms with Crippen LogP contribution in [0.2, 0.25) is 0 Å². The van der Waals surface area contributed by atoms with Crippen LogP contribution in [0.1, 0.15) is 22.2 Å². The summed E-state index contributed by atoms with van der Waals surface area (Å²) in [5.74, 6) is 0.126. The van der Waals surface area contributed by atoms with Gasteiger partial charge in [-0.15, -0.1) is 11.3 Å². The lowest BCUT2D eigenvalue weighted by Crippen LogP contribution is -2.44. The number of carbonyl (C=O) groups is 1. The molecule has 0 saturated heterocycles. The molecule has 2 aromatic rings. The van der Waals surface area contributed by atoms with Crippen molar-refractivity contribution in [2.24, 2.45) is 0 Å². The fraction of sp³-hybridized carbons (Fsp3) is 0.312. The van der Waals surface area contributed by atoms with Crippen molar-refractivity contribution < 1.29 is 4.79 Å². The molecular weight excluding hydrogens is 268 g/mol. The summed E-state index contributed by atoms with van der Waals surface area (Å²) in [6, 6.07) is 10.2. The van der Waals surface area contributed by atoms with E-state index in [-0.39, 0.29) is 5.91 Å². The number of rotatable bonds is 2. The minimum Gasteiger partial charge on any atom is -0.368 e. The maximum Gasteiger partial charge on any atom is 0.268 e. The summed E-state index contributed by atoms with van der Waals surface area (Å²) < 4.78 is 0. The smallest absolute Gasteiger partial charge is 0.268 e. The van der Waals surface area contributed by atoms with Gasteiger partial charge in [-0.05, 0) is 43.0 Å². The summed E-state index contributed by atoms with van der Waals surface area (Å²) >= 11 is 1.53. The Labute approximate surface area is 123 Å². The predicted octanol–water partition coefficient (Wildman–Crippen LogP) is 3.54. The monoisotopic (exact) mass is 286 g/mol. The molecule has 0 aliphatic carbocycles. The second-order valence-electron chi connectivity index (χ2n) is 4.96. The molecule has 0 N–H and O–H groups in total. The molecule has 3 nitrogen and oxygen atoms in total. The molecule has 0 unspecified atom stereocenters. The molecular formula is C16H18N2OS. The van der Waals surface area contributed by atoms with Gasteiger partial charge in [-0.3, -0.25) is 4.79 Å². The van der Waals surface area contributed by atoms with E-state index in [1.54, 1.807) is 0 Å². The van der Waals surface area contributed by atoms with Crippen LogP contribution in [0.4, 0.5) is 11.4 Å². The van der Waals surface area contributed by atoms with Crippen molar-refractivity contribution in [1.82, 2.24) is 0 Å². The molecule has 0 fully saturated rings. The quantitative estimate of drug-likeness (QED) is 0.843. The Bertz CT molecular complexity index is 635. The van der Waals surface area contributed by atoms with Crippen molar-refractivity contribution >= 4 is 28.6 Å². The van der Waals surface area contributed by atoms with Crippen LogP contribution < -0.4 is 9.80 Å². The third-order valence-electron chi connectivity index (χ3n) is 3.79. The van der Waals surface area contributed by atoms with Crippen LogP contribution in [0.3, 0.4) is 0 Å². The Morgan fingerprint density at radius 2 is 1.95 bits per heavy atom. The zero-order valence-corrected chi connectivity index (χ0v) is 12.6. The Balaban J connectivity index is 2.00. The molecule has 1 aromatic heterocycles. The van der Waals surface area contributed by atoms with Crippen molar-refractivity contribution in [3.8, 4) is 0 Å². The van der Waals surface area contributed by atoms with Gasteiger partial charge in [-0.25, -0.2) is 0 Å². The molecule has 4 heteroatoms. The zero-order chi connectivity index (χ0) is 14.1. The van der Waals surface area contributed by atoms with Gasteiger partial charge in [-0.2, -0.15) is 0 Å². The fourth-order valence-electron chi connectivity index (χ4n) is 2.68. The van der Waals surface area contributed by atoms with Gasteiger partial charge in [0.1, 0.15) is 0 Å². The third-order valence-corrected chi connectivity index (χ3v) is 4.79. The van der Waals surface area contributed by atoms with Crippen molar-refractivity contribution in [1.29, 1.82) is 0 Å². The molecule has 0 bridgehead atoms. The number of para-hydroxylation sites is 2. The first-order valence-electron chi connectivity index (χ1n) is 6.92. The number of benzene rings is 1. The van der Waals surface area contributed by atoms with E-state index in [1.807, 2.05) is 41.5 Å². The molecule has 1 aromatic carbocycles. The van der Waals surface area contributed by atoms with Gasteiger partial charge in [0.15, 0.2) is 0 Å². The summed E-state index contributed by atoms with van der Waals surface area (Å²) in [6.45, 7) is 6.76. The average Bonchev–Trinajstić information content (AvgIpc) is 2.91. The molecule has 0 spiro atoms. The lowest BCUT2D eigenvalue weighted by Gasteiger charge is -2.37.